The molecule has 2 atom stereocenters. The number of hydrogen-bond donors (Lipinski definition) is 1. The van der Waals surface area contributed by atoms with Gasteiger partial charge in [0.25, 0.3) is 0 Å². The molecule has 2 aromatic rings. The molecule has 6 heteroatoms. The quantitative estimate of drug-likeness (QED) is 0.772. The number of carbonyl (C=O) groups excluding carboxylic acids is 1. The maximum absolute atomic E-state index is 13.0. The van der Waals surface area contributed by atoms with E-state index in [9.17, 15) is 13.2 Å². The second-order valence-corrected chi connectivity index (χ2v) is 9.29. The lowest BCUT2D eigenvalue weighted by Crippen LogP contribution is -2.49. The lowest BCUT2D eigenvalue weighted by molar-refractivity contribution is -0.122. The van der Waals surface area contributed by atoms with Crippen molar-refractivity contribution in [3.05, 3.63) is 65.2 Å². The van der Waals surface area contributed by atoms with Crippen LogP contribution in [0.1, 0.15) is 49.4 Å². The van der Waals surface area contributed by atoms with Gasteiger partial charge < -0.3 is 5.32 Å². The smallest absolute Gasteiger partial charge is 0.244 e. The topological polar surface area (TPSA) is 66.5 Å². The second kappa shape index (κ2) is 8.35. The van der Waals surface area contributed by atoms with Gasteiger partial charge in [-0.05, 0) is 61.4 Å². The third-order valence-electron chi connectivity index (χ3n) is 5.32. The van der Waals surface area contributed by atoms with E-state index in [0.717, 1.165) is 24.7 Å². The molecule has 0 spiro atoms. The van der Waals surface area contributed by atoms with Crippen molar-refractivity contribution in [3.8, 4) is 0 Å². The van der Waals surface area contributed by atoms with Gasteiger partial charge >= 0.3 is 0 Å². The highest BCUT2D eigenvalue weighted by atomic mass is 32.2. The Morgan fingerprint density at radius 2 is 1.79 bits per heavy atom. The molecule has 0 saturated carbocycles. The summed E-state index contributed by atoms with van der Waals surface area (Å²) in [5, 5.41) is 3.02. The summed E-state index contributed by atoms with van der Waals surface area (Å²) in [5.41, 5.74) is 4.29. The first kappa shape index (κ1) is 20.4. The average molecular weight is 401 g/mol. The lowest BCUT2D eigenvalue weighted by Gasteiger charge is -2.31. The fourth-order valence-corrected chi connectivity index (χ4v) is 5.10. The summed E-state index contributed by atoms with van der Waals surface area (Å²) >= 11 is 0. The zero-order valence-electron chi connectivity index (χ0n) is 16.7. The normalized spacial score (nSPS) is 15.5. The Morgan fingerprint density at radius 3 is 2.43 bits per heavy atom. The highest BCUT2D eigenvalue weighted by Gasteiger charge is 2.32. The van der Waals surface area contributed by atoms with Crippen molar-refractivity contribution in [2.75, 3.05) is 10.6 Å². The van der Waals surface area contributed by atoms with Crippen LogP contribution in [0.2, 0.25) is 0 Å². The van der Waals surface area contributed by atoms with Crippen LogP contribution >= 0.6 is 0 Å². The SMILES string of the molecule is CC[C@@H](C(=O)N[C@@H](C)c1ccc2c(c1)CCC2)N(c1ccccc1)S(C)(=O)=O. The number of nitrogens with one attached hydrogen (secondary N) is 1. The van der Waals surface area contributed by atoms with E-state index < -0.39 is 16.1 Å². The van der Waals surface area contributed by atoms with Crippen LogP contribution in [0.15, 0.2) is 48.5 Å². The molecule has 150 valence electrons. The molecule has 28 heavy (non-hydrogen) atoms. The standard InChI is InChI=1S/C22H28N2O3S/c1-4-21(24(28(3,26)27)20-11-6-5-7-12-20)22(25)23-16(2)18-14-13-17-9-8-10-19(17)15-18/h5-7,11-16,21H,4,8-10H2,1-3H3,(H,23,25)/t16-,21-/m0/s1. The minimum absolute atomic E-state index is 0.190. The van der Waals surface area contributed by atoms with Crippen molar-refractivity contribution >= 4 is 21.6 Å². The molecule has 1 N–H and O–H groups in total. The first-order valence-corrected chi connectivity index (χ1v) is 11.6. The number of benzene rings is 2. The van der Waals surface area contributed by atoms with Crippen LogP contribution in [-0.4, -0.2) is 26.6 Å². The van der Waals surface area contributed by atoms with Crippen LogP contribution < -0.4 is 9.62 Å². The molecule has 5 nitrogen and oxygen atoms in total. The number of para-hydroxylation sites is 1. The van der Waals surface area contributed by atoms with Crippen molar-refractivity contribution in [2.45, 2.75) is 51.6 Å². The Bertz CT molecular complexity index is 942. The summed E-state index contributed by atoms with van der Waals surface area (Å²) in [6.45, 7) is 3.76. The van der Waals surface area contributed by atoms with Crippen LogP contribution in [0.3, 0.4) is 0 Å². The van der Waals surface area contributed by atoms with Gasteiger partial charge in [-0.1, -0.05) is 43.3 Å². The van der Waals surface area contributed by atoms with Crippen molar-refractivity contribution < 1.29 is 13.2 Å². The van der Waals surface area contributed by atoms with Crippen LogP contribution in [0.5, 0.6) is 0 Å². The molecule has 0 aromatic heterocycles. The largest absolute Gasteiger partial charge is 0.348 e. The molecule has 0 heterocycles. The molecule has 0 bridgehead atoms. The van der Waals surface area contributed by atoms with Gasteiger partial charge in [0.1, 0.15) is 6.04 Å². The van der Waals surface area contributed by atoms with Crippen LogP contribution in [0, 0.1) is 0 Å². The Morgan fingerprint density at radius 1 is 1.11 bits per heavy atom. The van der Waals surface area contributed by atoms with Crippen LogP contribution in [0.25, 0.3) is 0 Å². The van der Waals surface area contributed by atoms with Crippen LogP contribution in [0.4, 0.5) is 5.69 Å². The van der Waals surface area contributed by atoms with Gasteiger partial charge in [0.2, 0.25) is 15.9 Å². The lowest BCUT2D eigenvalue weighted by atomic mass is 10.0. The zero-order chi connectivity index (χ0) is 20.3. The molecule has 0 aliphatic heterocycles. The monoisotopic (exact) mass is 400 g/mol. The second-order valence-electron chi connectivity index (χ2n) is 7.43. The van der Waals surface area contributed by atoms with Crippen molar-refractivity contribution in [3.63, 3.8) is 0 Å². The predicted octanol–water partition coefficient (Wildman–Crippen LogP) is 3.60. The summed E-state index contributed by atoms with van der Waals surface area (Å²) in [5.74, 6) is -0.287. The Hall–Kier alpha value is -2.34. The van der Waals surface area contributed by atoms with E-state index in [1.165, 1.54) is 21.9 Å². The molecule has 0 fully saturated rings. The maximum Gasteiger partial charge on any atom is 0.244 e. The molecule has 1 aliphatic carbocycles. The van der Waals surface area contributed by atoms with E-state index >= 15 is 0 Å². The van der Waals surface area contributed by atoms with Gasteiger partial charge in [-0.3, -0.25) is 9.10 Å². The van der Waals surface area contributed by atoms with Gasteiger partial charge in [-0.2, -0.15) is 0 Å². The molecule has 0 unspecified atom stereocenters. The van der Waals surface area contributed by atoms with E-state index in [1.54, 1.807) is 24.3 Å². The van der Waals surface area contributed by atoms with Gasteiger partial charge in [0, 0.05) is 0 Å². The van der Waals surface area contributed by atoms with Gasteiger partial charge in [-0.25, -0.2) is 8.42 Å². The molecule has 0 radical (unpaired) electrons. The maximum atomic E-state index is 13.0. The number of carbonyl (C=O) groups is 1. The number of hydrogen-bond acceptors (Lipinski definition) is 3. The number of amides is 1. The van der Waals surface area contributed by atoms with Crippen molar-refractivity contribution in [1.82, 2.24) is 5.32 Å². The van der Waals surface area contributed by atoms with E-state index in [-0.39, 0.29) is 11.9 Å². The number of rotatable bonds is 7. The number of aryl methyl sites for hydroxylation is 2. The Balaban J connectivity index is 1.82. The fraction of sp³-hybridized carbons (Fsp3) is 0.409. The Kier molecular flexibility index (Phi) is 6.08. The minimum atomic E-state index is -3.61. The number of anilines is 1. The minimum Gasteiger partial charge on any atom is -0.348 e. The first-order chi connectivity index (χ1) is 13.3. The number of sulfonamides is 1. The molecule has 0 saturated heterocycles. The fourth-order valence-electron chi connectivity index (χ4n) is 3.89. The summed E-state index contributed by atoms with van der Waals surface area (Å²) in [6, 6.07) is 14.2. The first-order valence-electron chi connectivity index (χ1n) is 9.77. The molecule has 1 amide bonds. The average Bonchev–Trinajstić information content (AvgIpc) is 3.13. The number of nitrogens with zero attached hydrogens (tertiary/aromatic N) is 1. The van der Waals surface area contributed by atoms with E-state index in [1.807, 2.05) is 19.9 Å². The van der Waals surface area contributed by atoms with E-state index in [0.29, 0.717) is 12.1 Å². The Labute approximate surface area is 167 Å². The molecule has 1 aliphatic rings. The van der Waals surface area contributed by atoms with Gasteiger partial charge in [0.05, 0.1) is 18.0 Å². The molecule has 2 aromatic carbocycles. The van der Waals surface area contributed by atoms with Gasteiger partial charge in [-0.15, -0.1) is 0 Å². The summed E-state index contributed by atoms with van der Waals surface area (Å²) in [7, 11) is -3.61. The third-order valence-corrected chi connectivity index (χ3v) is 6.50. The van der Waals surface area contributed by atoms with E-state index in [4.69, 9.17) is 0 Å². The van der Waals surface area contributed by atoms with Crippen LogP contribution in [-0.2, 0) is 27.7 Å². The molecular weight excluding hydrogens is 372 g/mol. The molecule has 3 rings (SSSR count). The highest BCUT2D eigenvalue weighted by Crippen LogP contribution is 2.26. The summed E-state index contributed by atoms with van der Waals surface area (Å²) in [6.07, 6.45) is 4.90. The third kappa shape index (κ3) is 4.38. The molecular formula is C22H28N2O3S. The summed E-state index contributed by atoms with van der Waals surface area (Å²) in [4.78, 5) is 13.0. The zero-order valence-corrected chi connectivity index (χ0v) is 17.5. The van der Waals surface area contributed by atoms with Gasteiger partial charge in [0.15, 0.2) is 0 Å². The van der Waals surface area contributed by atoms with E-state index in [2.05, 4.69) is 23.5 Å². The summed E-state index contributed by atoms with van der Waals surface area (Å²) < 4.78 is 26.2. The predicted molar refractivity (Wildman–Crippen MR) is 113 cm³/mol. The number of fused-ring (bicyclic) bond motifs is 1. The highest BCUT2D eigenvalue weighted by molar-refractivity contribution is 7.92. The van der Waals surface area contributed by atoms with Crippen molar-refractivity contribution in [2.24, 2.45) is 0 Å². The van der Waals surface area contributed by atoms with Crippen molar-refractivity contribution in [1.29, 1.82) is 0 Å².